The van der Waals surface area contributed by atoms with Crippen LogP contribution in [-0.4, -0.2) is 37.3 Å². The fourth-order valence-electron chi connectivity index (χ4n) is 2.29. The van der Waals surface area contributed by atoms with E-state index >= 15 is 0 Å². The Morgan fingerprint density at radius 3 is 2.48 bits per heavy atom. The van der Waals surface area contributed by atoms with Crippen LogP contribution in [-0.2, 0) is 10.0 Å². The molecule has 1 aromatic heterocycles. The summed E-state index contributed by atoms with van der Waals surface area (Å²) in [6.07, 6.45) is 1.64. The van der Waals surface area contributed by atoms with Gasteiger partial charge in [0.05, 0.1) is 4.90 Å². The van der Waals surface area contributed by atoms with Gasteiger partial charge in [0, 0.05) is 25.2 Å². The highest BCUT2D eigenvalue weighted by molar-refractivity contribution is 7.89. The molecule has 0 aliphatic heterocycles. The van der Waals surface area contributed by atoms with Crippen molar-refractivity contribution >= 4 is 15.9 Å². The molecule has 0 bridgehead atoms. The van der Waals surface area contributed by atoms with Gasteiger partial charge in [-0.15, -0.1) is 6.58 Å². The van der Waals surface area contributed by atoms with Gasteiger partial charge >= 0.3 is 0 Å². The standard InChI is InChI=1S/C17H20N4O3S/c1-4-11-19-17-15(12-18)20-16(24-17)13-7-9-14(10-8-13)25(22,23)21(5-2)6-3/h4,7-10,19H,1,5-6,11H2,2-3H3. The minimum absolute atomic E-state index is 0.136. The molecule has 7 nitrogen and oxygen atoms in total. The topological polar surface area (TPSA) is 99.2 Å². The molecule has 0 fully saturated rings. The van der Waals surface area contributed by atoms with Crippen molar-refractivity contribution in [3.63, 3.8) is 0 Å². The molecular weight excluding hydrogens is 340 g/mol. The van der Waals surface area contributed by atoms with E-state index < -0.39 is 10.0 Å². The van der Waals surface area contributed by atoms with Gasteiger partial charge in [-0.25, -0.2) is 8.42 Å². The molecule has 1 aromatic carbocycles. The third-order valence-corrected chi connectivity index (χ3v) is 5.65. The fourth-order valence-corrected chi connectivity index (χ4v) is 3.74. The first-order chi connectivity index (χ1) is 12.0. The highest BCUT2D eigenvalue weighted by Crippen LogP contribution is 2.26. The van der Waals surface area contributed by atoms with Crippen molar-refractivity contribution in [2.75, 3.05) is 25.0 Å². The highest BCUT2D eigenvalue weighted by atomic mass is 32.2. The van der Waals surface area contributed by atoms with Gasteiger partial charge < -0.3 is 9.73 Å². The number of hydrogen-bond acceptors (Lipinski definition) is 6. The van der Waals surface area contributed by atoms with Crippen LogP contribution in [0.1, 0.15) is 19.5 Å². The van der Waals surface area contributed by atoms with E-state index in [1.165, 1.54) is 16.4 Å². The third-order valence-electron chi connectivity index (χ3n) is 3.58. The van der Waals surface area contributed by atoms with Gasteiger partial charge in [-0.05, 0) is 24.3 Å². The summed E-state index contributed by atoms with van der Waals surface area (Å²) in [7, 11) is -3.51. The first-order valence-corrected chi connectivity index (χ1v) is 9.28. The maximum absolute atomic E-state index is 12.5. The lowest BCUT2D eigenvalue weighted by Crippen LogP contribution is -2.30. The number of oxazole rings is 1. The minimum atomic E-state index is -3.51. The van der Waals surface area contributed by atoms with Gasteiger partial charge in [0.1, 0.15) is 6.07 Å². The number of anilines is 1. The SMILES string of the molecule is C=CCNc1oc(-c2ccc(S(=O)(=O)N(CC)CC)cc2)nc1C#N. The Labute approximate surface area is 147 Å². The zero-order valence-electron chi connectivity index (χ0n) is 14.2. The van der Waals surface area contributed by atoms with Crippen LogP contribution in [0.15, 0.2) is 46.2 Å². The molecule has 2 aromatic rings. The van der Waals surface area contributed by atoms with Gasteiger partial charge in [0.2, 0.25) is 27.5 Å². The molecule has 0 unspecified atom stereocenters. The summed E-state index contributed by atoms with van der Waals surface area (Å²) in [6, 6.07) is 8.20. The van der Waals surface area contributed by atoms with Crippen LogP contribution < -0.4 is 5.32 Å². The van der Waals surface area contributed by atoms with Crippen molar-refractivity contribution in [1.82, 2.24) is 9.29 Å². The summed E-state index contributed by atoms with van der Waals surface area (Å²) in [5.74, 6) is 0.507. The minimum Gasteiger partial charge on any atom is -0.419 e. The Balaban J connectivity index is 2.33. The summed E-state index contributed by atoms with van der Waals surface area (Å²) in [5, 5.41) is 12.0. The number of nitrogens with one attached hydrogen (secondary N) is 1. The molecule has 25 heavy (non-hydrogen) atoms. The molecule has 1 N–H and O–H groups in total. The number of nitrogens with zero attached hydrogens (tertiary/aromatic N) is 3. The van der Waals surface area contributed by atoms with Gasteiger partial charge in [0.25, 0.3) is 0 Å². The first kappa shape index (κ1) is 18.7. The molecule has 0 spiro atoms. The van der Waals surface area contributed by atoms with Crippen LogP contribution >= 0.6 is 0 Å². The first-order valence-electron chi connectivity index (χ1n) is 7.84. The maximum Gasteiger partial charge on any atom is 0.243 e. The van der Waals surface area contributed by atoms with E-state index in [2.05, 4.69) is 16.9 Å². The van der Waals surface area contributed by atoms with Crippen molar-refractivity contribution in [1.29, 1.82) is 5.26 Å². The number of hydrogen-bond donors (Lipinski definition) is 1. The molecule has 1 heterocycles. The van der Waals surface area contributed by atoms with E-state index in [1.54, 1.807) is 32.1 Å². The van der Waals surface area contributed by atoms with Crippen molar-refractivity contribution < 1.29 is 12.8 Å². The lowest BCUT2D eigenvalue weighted by molar-refractivity contribution is 0.445. The molecule has 0 amide bonds. The largest absolute Gasteiger partial charge is 0.419 e. The monoisotopic (exact) mass is 360 g/mol. The van der Waals surface area contributed by atoms with Crippen LogP contribution in [0.25, 0.3) is 11.5 Å². The maximum atomic E-state index is 12.5. The molecule has 0 atom stereocenters. The Morgan fingerprint density at radius 1 is 1.32 bits per heavy atom. The van der Waals surface area contributed by atoms with E-state index in [0.29, 0.717) is 25.2 Å². The van der Waals surface area contributed by atoms with Gasteiger partial charge in [-0.1, -0.05) is 19.9 Å². The van der Waals surface area contributed by atoms with E-state index in [1.807, 2.05) is 6.07 Å². The quantitative estimate of drug-likeness (QED) is 0.727. The van der Waals surface area contributed by atoms with Crippen LogP contribution in [0, 0.1) is 11.3 Å². The molecule has 0 radical (unpaired) electrons. The zero-order chi connectivity index (χ0) is 18.4. The smallest absolute Gasteiger partial charge is 0.243 e. The van der Waals surface area contributed by atoms with Crippen molar-refractivity contribution in [3.05, 3.63) is 42.6 Å². The fraction of sp³-hybridized carbons (Fsp3) is 0.294. The zero-order valence-corrected chi connectivity index (χ0v) is 15.0. The molecule has 0 saturated heterocycles. The van der Waals surface area contributed by atoms with Crippen LogP contribution in [0.3, 0.4) is 0 Å². The van der Waals surface area contributed by atoms with Gasteiger partial charge in [0.15, 0.2) is 0 Å². The normalized spacial score (nSPS) is 11.3. The summed E-state index contributed by atoms with van der Waals surface area (Å²) in [6.45, 7) is 8.43. The summed E-state index contributed by atoms with van der Waals surface area (Å²) >= 11 is 0. The Hall–Kier alpha value is -2.63. The summed E-state index contributed by atoms with van der Waals surface area (Å²) < 4.78 is 31.9. The van der Waals surface area contributed by atoms with Gasteiger partial charge in [-0.3, -0.25) is 0 Å². The second-order valence-corrected chi connectivity index (χ2v) is 7.03. The van der Waals surface area contributed by atoms with Crippen LogP contribution in [0.4, 0.5) is 5.88 Å². The third kappa shape index (κ3) is 3.90. The van der Waals surface area contributed by atoms with E-state index in [9.17, 15) is 8.42 Å². The van der Waals surface area contributed by atoms with E-state index in [0.717, 1.165) is 0 Å². The van der Waals surface area contributed by atoms with Crippen LogP contribution in [0.2, 0.25) is 0 Å². The number of rotatable bonds is 8. The Kier molecular flexibility index (Phi) is 5.96. The molecule has 0 aliphatic rings. The molecular formula is C17H20N4O3S. The second kappa shape index (κ2) is 7.96. The van der Waals surface area contributed by atoms with E-state index in [4.69, 9.17) is 9.68 Å². The summed E-state index contributed by atoms with van der Waals surface area (Å²) in [5.41, 5.74) is 0.721. The average molecular weight is 360 g/mol. The second-order valence-electron chi connectivity index (χ2n) is 5.09. The molecule has 0 saturated carbocycles. The predicted molar refractivity (Wildman–Crippen MR) is 95.4 cm³/mol. The summed E-state index contributed by atoms with van der Waals surface area (Å²) in [4.78, 5) is 4.33. The average Bonchev–Trinajstić information content (AvgIpc) is 3.04. The van der Waals surface area contributed by atoms with Gasteiger partial charge in [-0.2, -0.15) is 14.6 Å². The molecule has 132 valence electrons. The van der Waals surface area contributed by atoms with Crippen molar-refractivity contribution in [3.8, 4) is 17.5 Å². The molecule has 0 aliphatic carbocycles. The van der Waals surface area contributed by atoms with Crippen LogP contribution in [0.5, 0.6) is 0 Å². The lowest BCUT2D eigenvalue weighted by Gasteiger charge is -2.18. The lowest BCUT2D eigenvalue weighted by atomic mass is 10.2. The van der Waals surface area contributed by atoms with Crippen molar-refractivity contribution in [2.45, 2.75) is 18.7 Å². The number of aromatic nitrogens is 1. The van der Waals surface area contributed by atoms with Crippen molar-refractivity contribution in [2.24, 2.45) is 0 Å². The Morgan fingerprint density at radius 2 is 1.96 bits per heavy atom. The number of nitriles is 1. The molecule has 2 rings (SSSR count). The van der Waals surface area contributed by atoms with E-state index in [-0.39, 0.29) is 22.4 Å². The number of benzene rings is 1. The predicted octanol–water partition coefficient (Wildman–Crippen LogP) is 2.84. The molecule has 8 heteroatoms. The number of sulfonamides is 1. The highest BCUT2D eigenvalue weighted by Gasteiger charge is 2.22. The Bertz CT molecular complexity index is 876.